The summed E-state index contributed by atoms with van der Waals surface area (Å²) < 4.78 is 38.7. The Morgan fingerprint density at radius 3 is 2.62 bits per heavy atom. The van der Waals surface area contributed by atoms with E-state index in [9.17, 15) is 22.8 Å². The zero-order valence-electron chi connectivity index (χ0n) is 18.9. The minimum atomic E-state index is -4.60. The van der Waals surface area contributed by atoms with Gasteiger partial charge in [0.05, 0.1) is 28.4 Å². The first-order chi connectivity index (χ1) is 15.9. The Hall–Kier alpha value is -2.98. The van der Waals surface area contributed by atoms with E-state index in [-0.39, 0.29) is 23.8 Å². The van der Waals surface area contributed by atoms with Crippen LogP contribution in [-0.4, -0.2) is 56.5 Å². The van der Waals surface area contributed by atoms with Gasteiger partial charge in [0.25, 0.3) is 5.91 Å². The summed E-state index contributed by atoms with van der Waals surface area (Å²) >= 11 is 6.23. The molecule has 0 spiro atoms. The van der Waals surface area contributed by atoms with Gasteiger partial charge in [0.2, 0.25) is 5.91 Å². The Labute approximate surface area is 201 Å². The molecule has 0 aromatic heterocycles. The molecule has 0 radical (unpaired) electrons. The van der Waals surface area contributed by atoms with Gasteiger partial charge in [0, 0.05) is 45.5 Å². The maximum absolute atomic E-state index is 12.9. The average Bonchev–Trinajstić information content (AvgIpc) is 3.19. The second-order valence-electron chi connectivity index (χ2n) is 8.45. The fourth-order valence-corrected chi connectivity index (χ4v) is 4.10. The number of likely N-dealkylation sites (tertiary alicyclic amines) is 1. The molecule has 1 saturated heterocycles. The lowest BCUT2D eigenvalue weighted by Gasteiger charge is -2.20. The first-order valence-corrected chi connectivity index (χ1v) is 11.0. The second kappa shape index (κ2) is 10.5. The summed E-state index contributed by atoms with van der Waals surface area (Å²) in [6.07, 6.45) is -3.86. The number of carbonyl (C=O) groups excluding carboxylic acids is 2. The quantitative estimate of drug-likeness (QED) is 0.511. The normalized spacial score (nSPS) is 16.4. The monoisotopic (exact) mass is 497 g/mol. The highest BCUT2D eigenvalue weighted by Crippen LogP contribution is 2.31. The molecule has 2 aromatic carbocycles. The number of rotatable bonds is 7. The van der Waals surface area contributed by atoms with E-state index >= 15 is 0 Å². The van der Waals surface area contributed by atoms with Gasteiger partial charge < -0.3 is 21.3 Å². The molecule has 2 aromatic rings. The molecule has 34 heavy (non-hydrogen) atoms. The summed E-state index contributed by atoms with van der Waals surface area (Å²) in [7, 11) is 3.85. The van der Waals surface area contributed by atoms with Crippen LogP contribution in [0.4, 0.5) is 24.5 Å². The first-order valence-electron chi connectivity index (χ1n) is 10.7. The van der Waals surface area contributed by atoms with Crippen LogP contribution >= 0.6 is 11.6 Å². The molecule has 1 heterocycles. The number of benzene rings is 2. The van der Waals surface area contributed by atoms with Gasteiger partial charge in [-0.1, -0.05) is 17.7 Å². The molecule has 1 aliphatic heterocycles. The van der Waals surface area contributed by atoms with E-state index in [1.54, 1.807) is 0 Å². The number of halogens is 4. The maximum atomic E-state index is 12.9. The third kappa shape index (κ3) is 6.54. The SMILES string of the molecule is CN(C)c1cc(CN2CC[C@@H](NC(=O)CNC(=O)c3cc(C(F)(F)F)ccc3N)C2)ccc1Cl. The molecule has 11 heteroatoms. The number of nitrogens with zero attached hydrogens (tertiary/aromatic N) is 2. The molecular weight excluding hydrogens is 471 g/mol. The summed E-state index contributed by atoms with van der Waals surface area (Å²) in [6, 6.07) is 8.27. The van der Waals surface area contributed by atoms with Gasteiger partial charge in [-0.25, -0.2) is 0 Å². The lowest BCUT2D eigenvalue weighted by atomic mass is 10.1. The van der Waals surface area contributed by atoms with Crippen LogP contribution in [0.5, 0.6) is 0 Å². The molecule has 3 rings (SSSR count). The fraction of sp³-hybridized carbons (Fsp3) is 0.391. The highest BCUT2D eigenvalue weighted by molar-refractivity contribution is 6.33. The van der Waals surface area contributed by atoms with Crippen LogP contribution in [-0.2, 0) is 17.5 Å². The number of nitrogens with two attached hydrogens (primary N) is 1. The predicted molar refractivity (Wildman–Crippen MR) is 126 cm³/mol. The largest absolute Gasteiger partial charge is 0.416 e. The minimum Gasteiger partial charge on any atom is -0.398 e. The van der Waals surface area contributed by atoms with Gasteiger partial charge >= 0.3 is 6.18 Å². The third-order valence-electron chi connectivity index (χ3n) is 5.57. The van der Waals surface area contributed by atoms with Crippen molar-refractivity contribution in [1.82, 2.24) is 15.5 Å². The third-order valence-corrected chi connectivity index (χ3v) is 5.89. The van der Waals surface area contributed by atoms with Crippen LogP contribution in [0.2, 0.25) is 5.02 Å². The lowest BCUT2D eigenvalue weighted by molar-refractivity contribution is -0.137. The average molecular weight is 498 g/mol. The molecule has 1 atom stereocenters. The zero-order valence-corrected chi connectivity index (χ0v) is 19.6. The number of amides is 2. The summed E-state index contributed by atoms with van der Waals surface area (Å²) in [5, 5.41) is 5.87. The van der Waals surface area contributed by atoms with E-state index in [0.717, 1.165) is 36.3 Å². The molecule has 2 amide bonds. The molecule has 1 fully saturated rings. The van der Waals surface area contributed by atoms with Crippen molar-refractivity contribution in [2.24, 2.45) is 0 Å². The zero-order chi connectivity index (χ0) is 25.0. The molecule has 0 saturated carbocycles. The standard InChI is InChI=1S/C23H27ClF3N5O2/c1-31(2)20-9-14(3-5-18(20)24)12-32-8-7-16(13-32)30-21(33)11-29-22(34)17-10-15(23(25,26)27)4-6-19(17)28/h3-6,9-10,16H,7-8,11-13,28H2,1-2H3,(H,29,34)(H,30,33)/t16-/m1/s1. The van der Waals surface area contributed by atoms with Crippen molar-refractivity contribution < 1.29 is 22.8 Å². The van der Waals surface area contributed by atoms with Crippen molar-refractivity contribution in [2.45, 2.75) is 25.2 Å². The van der Waals surface area contributed by atoms with E-state index in [0.29, 0.717) is 24.2 Å². The van der Waals surface area contributed by atoms with E-state index in [2.05, 4.69) is 15.5 Å². The van der Waals surface area contributed by atoms with E-state index < -0.39 is 23.6 Å². The topological polar surface area (TPSA) is 90.7 Å². The molecule has 7 nitrogen and oxygen atoms in total. The number of carbonyl (C=O) groups is 2. The number of hydrogen-bond donors (Lipinski definition) is 3. The minimum absolute atomic E-state index is 0.0938. The van der Waals surface area contributed by atoms with Crippen molar-refractivity contribution in [2.75, 3.05) is 44.4 Å². The Kier molecular flexibility index (Phi) is 7.93. The number of alkyl halides is 3. The highest BCUT2D eigenvalue weighted by atomic mass is 35.5. The van der Waals surface area contributed by atoms with Crippen molar-refractivity contribution in [3.8, 4) is 0 Å². The van der Waals surface area contributed by atoms with Gasteiger partial charge in [-0.2, -0.15) is 13.2 Å². The van der Waals surface area contributed by atoms with E-state index in [4.69, 9.17) is 17.3 Å². The van der Waals surface area contributed by atoms with Gasteiger partial charge in [-0.05, 0) is 42.3 Å². The Balaban J connectivity index is 1.49. The second-order valence-corrected chi connectivity index (χ2v) is 8.86. The Morgan fingerprint density at radius 2 is 1.94 bits per heavy atom. The molecule has 1 aliphatic rings. The van der Waals surface area contributed by atoms with Crippen LogP contribution in [0.15, 0.2) is 36.4 Å². The van der Waals surface area contributed by atoms with Crippen molar-refractivity contribution >= 4 is 34.8 Å². The van der Waals surface area contributed by atoms with E-state index in [1.807, 2.05) is 37.2 Å². The van der Waals surface area contributed by atoms with Crippen LogP contribution in [0.1, 0.15) is 27.9 Å². The molecule has 184 valence electrons. The van der Waals surface area contributed by atoms with Crippen molar-refractivity contribution in [1.29, 1.82) is 0 Å². The molecular formula is C23H27ClF3N5O2. The Morgan fingerprint density at radius 1 is 1.21 bits per heavy atom. The number of hydrogen-bond acceptors (Lipinski definition) is 5. The van der Waals surface area contributed by atoms with E-state index in [1.165, 1.54) is 0 Å². The molecule has 0 unspecified atom stereocenters. The fourth-order valence-electron chi connectivity index (χ4n) is 3.82. The van der Waals surface area contributed by atoms with Crippen molar-refractivity contribution in [3.63, 3.8) is 0 Å². The molecule has 0 aliphatic carbocycles. The molecule has 0 bridgehead atoms. The van der Waals surface area contributed by atoms with Gasteiger partial charge in [0.15, 0.2) is 0 Å². The number of anilines is 2. The number of nitrogen functional groups attached to an aromatic ring is 1. The van der Waals surface area contributed by atoms with Gasteiger partial charge in [0.1, 0.15) is 0 Å². The van der Waals surface area contributed by atoms with Crippen LogP contribution in [0.25, 0.3) is 0 Å². The van der Waals surface area contributed by atoms with Crippen LogP contribution in [0, 0.1) is 0 Å². The summed E-state index contributed by atoms with van der Waals surface area (Å²) in [4.78, 5) is 28.7. The van der Waals surface area contributed by atoms with Gasteiger partial charge in [-0.3, -0.25) is 14.5 Å². The summed E-state index contributed by atoms with van der Waals surface area (Å²) in [5.41, 5.74) is 6.26. The smallest absolute Gasteiger partial charge is 0.398 e. The molecule has 4 N–H and O–H groups in total. The first kappa shape index (κ1) is 25.6. The lowest BCUT2D eigenvalue weighted by Crippen LogP contribution is -2.43. The summed E-state index contributed by atoms with van der Waals surface area (Å²) in [6.45, 7) is 1.77. The van der Waals surface area contributed by atoms with Crippen molar-refractivity contribution in [3.05, 3.63) is 58.1 Å². The van der Waals surface area contributed by atoms with Crippen LogP contribution in [0.3, 0.4) is 0 Å². The highest BCUT2D eigenvalue weighted by Gasteiger charge is 2.31. The summed E-state index contributed by atoms with van der Waals surface area (Å²) in [5.74, 6) is -1.27. The number of nitrogens with one attached hydrogen (secondary N) is 2. The Bertz CT molecular complexity index is 1060. The predicted octanol–water partition coefficient (Wildman–Crippen LogP) is 3.13. The maximum Gasteiger partial charge on any atom is 0.416 e. The van der Waals surface area contributed by atoms with Crippen LogP contribution < -0.4 is 21.3 Å². The van der Waals surface area contributed by atoms with Gasteiger partial charge in [-0.15, -0.1) is 0 Å².